The predicted octanol–water partition coefficient (Wildman–Crippen LogP) is 1.97. The lowest BCUT2D eigenvalue weighted by molar-refractivity contribution is 0.232. The van der Waals surface area contributed by atoms with Crippen LogP contribution in [-0.4, -0.2) is 40.1 Å². The Balaban J connectivity index is 1.80. The zero-order valence-corrected chi connectivity index (χ0v) is 13.0. The molecule has 2 aliphatic rings. The molecule has 0 amide bonds. The number of aromatic nitrogens is 2. The van der Waals surface area contributed by atoms with Crippen LogP contribution in [0.15, 0.2) is 0 Å². The minimum atomic E-state index is 0.640. The van der Waals surface area contributed by atoms with Gasteiger partial charge in [-0.2, -0.15) is 0 Å². The Morgan fingerprint density at radius 1 is 1.30 bits per heavy atom. The molecule has 1 N–H and O–H groups in total. The Morgan fingerprint density at radius 2 is 2.10 bits per heavy atom. The Labute approximate surface area is 122 Å². The molecule has 0 bridgehead atoms. The molecule has 0 aliphatic carbocycles. The topological polar surface area (TPSA) is 33.1 Å². The molecule has 1 aromatic heterocycles. The van der Waals surface area contributed by atoms with Gasteiger partial charge in [-0.05, 0) is 39.3 Å². The second kappa shape index (κ2) is 6.27. The first-order chi connectivity index (χ1) is 9.79. The van der Waals surface area contributed by atoms with Crippen molar-refractivity contribution in [3.05, 3.63) is 17.2 Å². The maximum atomic E-state index is 4.90. The number of fused-ring (bicyclic) bond motifs is 1. The molecule has 0 radical (unpaired) electrons. The summed E-state index contributed by atoms with van der Waals surface area (Å²) in [5, 5.41) is 3.45. The maximum absolute atomic E-state index is 4.90. The second-order valence-electron chi connectivity index (χ2n) is 6.30. The summed E-state index contributed by atoms with van der Waals surface area (Å²) in [6.45, 7) is 10.4. The quantitative estimate of drug-likeness (QED) is 0.892. The average molecular weight is 276 g/mol. The third-order valence-electron chi connectivity index (χ3n) is 4.75. The third-order valence-corrected chi connectivity index (χ3v) is 4.75. The van der Waals surface area contributed by atoms with Crippen molar-refractivity contribution in [1.29, 1.82) is 0 Å². The van der Waals surface area contributed by atoms with Crippen LogP contribution in [0, 0.1) is 0 Å². The highest BCUT2D eigenvalue weighted by molar-refractivity contribution is 5.20. The largest absolute Gasteiger partial charge is 0.330 e. The molecule has 1 fully saturated rings. The number of imidazole rings is 1. The molecule has 0 saturated carbocycles. The van der Waals surface area contributed by atoms with Crippen molar-refractivity contribution in [3.8, 4) is 0 Å². The van der Waals surface area contributed by atoms with Gasteiger partial charge in [0.2, 0.25) is 0 Å². The Hall–Kier alpha value is -0.870. The second-order valence-corrected chi connectivity index (χ2v) is 6.30. The van der Waals surface area contributed by atoms with E-state index in [2.05, 4.69) is 28.6 Å². The molecule has 1 unspecified atom stereocenters. The summed E-state index contributed by atoms with van der Waals surface area (Å²) in [6.07, 6.45) is 6.18. The molecule has 20 heavy (non-hydrogen) atoms. The van der Waals surface area contributed by atoms with Crippen LogP contribution in [0.5, 0.6) is 0 Å². The van der Waals surface area contributed by atoms with Gasteiger partial charge in [-0.25, -0.2) is 4.98 Å². The Bertz CT molecular complexity index is 446. The van der Waals surface area contributed by atoms with Crippen molar-refractivity contribution in [1.82, 2.24) is 19.8 Å². The highest BCUT2D eigenvalue weighted by atomic mass is 15.2. The van der Waals surface area contributed by atoms with E-state index in [0.29, 0.717) is 6.04 Å². The molecule has 2 aliphatic heterocycles. The van der Waals surface area contributed by atoms with E-state index in [1.807, 2.05) is 0 Å². The third kappa shape index (κ3) is 2.77. The highest BCUT2D eigenvalue weighted by Gasteiger charge is 2.23. The molecule has 1 saturated heterocycles. The van der Waals surface area contributed by atoms with Gasteiger partial charge >= 0.3 is 0 Å². The minimum absolute atomic E-state index is 0.640. The van der Waals surface area contributed by atoms with E-state index in [9.17, 15) is 0 Å². The zero-order chi connectivity index (χ0) is 13.9. The Kier molecular flexibility index (Phi) is 4.41. The number of nitrogens with one attached hydrogen (secondary N) is 1. The number of hydrogen-bond donors (Lipinski definition) is 1. The number of hydrogen-bond acceptors (Lipinski definition) is 3. The van der Waals surface area contributed by atoms with E-state index >= 15 is 0 Å². The zero-order valence-electron chi connectivity index (χ0n) is 13.0. The summed E-state index contributed by atoms with van der Waals surface area (Å²) in [5.41, 5.74) is 2.80. The lowest BCUT2D eigenvalue weighted by Gasteiger charge is -2.26. The summed E-state index contributed by atoms with van der Waals surface area (Å²) in [7, 11) is 0. The highest BCUT2D eigenvalue weighted by Crippen LogP contribution is 2.20. The molecule has 3 heterocycles. The van der Waals surface area contributed by atoms with Gasteiger partial charge < -0.3 is 9.88 Å². The fourth-order valence-corrected chi connectivity index (χ4v) is 3.62. The molecule has 0 spiro atoms. The summed E-state index contributed by atoms with van der Waals surface area (Å²) in [5.74, 6) is 1.31. The first-order valence-electron chi connectivity index (χ1n) is 8.31. The van der Waals surface area contributed by atoms with Crippen LogP contribution in [-0.2, 0) is 25.9 Å². The fraction of sp³-hybridized carbons (Fsp3) is 0.812. The van der Waals surface area contributed by atoms with Crippen LogP contribution in [0.25, 0.3) is 0 Å². The number of aryl methyl sites for hydroxylation is 1. The van der Waals surface area contributed by atoms with Crippen LogP contribution >= 0.6 is 0 Å². The van der Waals surface area contributed by atoms with E-state index in [1.54, 1.807) is 0 Å². The number of likely N-dealkylation sites (tertiary alicyclic amines) is 1. The molecule has 4 heteroatoms. The van der Waals surface area contributed by atoms with Gasteiger partial charge in [-0.15, -0.1) is 0 Å². The average Bonchev–Trinajstić information content (AvgIpc) is 3.08. The van der Waals surface area contributed by atoms with Crippen molar-refractivity contribution in [2.45, 2.75) is 65.1 Å². The van der Waals surface area contributed by atoms with E-state index in [-0.39, 0.29) is 0 Å². The SMILES string of the molecule is CCCc1nc2c(n1CC(C)N1CCCC1)CCNC2. The molecule has 4 nitrogen and oxygen atoms in total. The first-order valence-corrected chi connectivity index (χ1v) is 8.31. The van der Waals surface area contributed by atoms with E-state index in [0.717, 1.165) is 32.5 Å². The van der Waals surface area contributed by atoms with Crippen molar-refractivity contribution in [2.24, 2.45) is 0 Å². The molecule has 1 aromatic rings. The summed E-state index contributed by atoms with van der Waals surface area (Å²) < 4.78 is 2.54. The van der Waals surface area contributed by atoms with Gasteiger partial charge in [0.05, 0.1) is 5.69 Å². The standard InChI is InChI=1S/C16H28N4/c1-3-6-16-18-14-11-17-8-7-15(14)20(16)12-13(2)19-9-4-5-10-19/h13,17H,3-12H2,1-2H3. The monoisotopic (exact) mass is 276 g/mol. The smallest absolute Gasteiger partial charge is 0.109 e. The molecule has 112 valence electrons. The van der Waals surface area contributed by atoms with Crippen LogP contribution in [0.3, 0.4) is 0 Å². The molecular formula is C16H28N4. The van der Waals surface area contributed by atoms with Crippen molar-refractivity contribution >= 4 is 0 Å². The predicted molar refractivity (Wildman–Crippen MR) is 81.9 cm³/mol. The molecule has 0 aromatic carbocycles. The van der Waals surface area contributed by atoms with E-state index in [1.165, 1.54) is 49.6 Å². The van der Waals surface area contributed by atoms with Crippen LogP contribution in [0.2, 0.25) is 0 Å². The van der Waals surface area contributed by atoms with Gasteiger partial charge in [0.15, 0.2) is 0 Å². The van der Waals surface area contributed by atoms with Crippen molar-refractivity contribution in [2.75, 3.05) is 19.6 Å². The number of rotatable bonds is 5. The molecule has 1 atom stereocenters. The lowest BCUT2D eigenvalue weighted by Crippen LogP contribution is -2.35. The van der Waals surface area contributed by atoms with Crippen molar-refractivity contribution < 1.29 is 0 Å². The normalized spacial score (nSPS) is 21.1. The Morgan fingerprint density at radius 3 is 2.85 bits per heavy atom. The first kappa shape index (κ1) is 14.1. The van der Waals surface area contributed by atoms with Crippen LogP contribution in [0.1, 0.15) is 50.3 Å². The fourth-order valence-electron chi connectivity index (χ4n) is 3.62. The lowest BCUT2D eigenvalue weighted by atomic mass is 10.1. The van der Waals surface area contributed by atoms with Gasteiger partial charge in [0, 0.05) is 44.2 Å². The van der Waals surface area contributed by atoms with E-state index in [4.69, 9.17) is 4.98 Å². The molecular weight excluding hydrogens is 248 g/mol. The maximum Gasteiger partial charge on any atom is 0.109 e. The minimum Gasteiger partial charge on any atom is -0.330 e. The molecule has 3 rings (SSSR count). The summed E-state index contributed by atoms with van der Waals surface area (Å²) in [6, 6.07) is 0.640. The van der Waals surface area contributed by atoms with Crippen LogP contribution in [0.4, 0.5) is 0 Å². The van der Waals surface area contributed by atoms with Crippen molar-refractivity contribution in [3.63, 3.8) is 0 Å². The van der Waals surface area contributed by atoms with Crippen LogP contribution < -0.4 is 5.32 Å². The van der Waals surface area contributed by atoms with Gasteiger partial charge in [0.1, 0.15) is 5.82 Å². The van der Waals surface area contributed by atoms with Gasteiger partial charge in [-0.3, -0.25) is 4.90 Å². The summed E-state index contributed by atoms with van der Waals surface area (Å²) >= 11 is 0. The van der Waals surface area contributed by atoms with E-state index < -0.39 is 0 Å². The van der Waals surface area contributed by atoms with Gasteiger partial charge in [0.25, 0.3) is 0 Å². The van der Waals surface area contributed by atoms with Gasteiger partial charge in [-0.1, -0.05) is 6.92 Å². The summed E-state index contributed by atoms with van der Waals surface area (Å²) in [4.78, 5) is 7.54. The number of nitrogens with zero attached hydrogens (tertiary/aromatic N) is 3.